The molecule has 0 aromatic carbocycles. The van der Waals surface area contributed by atoms with Gasteiger partial charge in [-0.3, -0.25) is 0 Å². The van der Waals surface area contributed by atoms with Crippen LogP contribution in [-0.2, 0) is 5.33 Å². The van der Waals surface area contributed by atoms with Crippen LogP contribution >= 0.6 is 15.9 Å². The molecule has 0 aliphatic rings. The molecule has 0 unspecified atom stereocenters. The van der Waals surface area contributed by atoms with Crippen LogP contribution < -0.4 is 0 Å². The van der Waals surface area contributed by atoms with E-state index < -0.39 is 0 Å². The van der Waals surface area contributed by atoms with Crippen molar-refractivity contribution >= 4 is 15.9 Å². The van der Waals surface area contributed by atoms with Crippen molar-refractivity contribution in [3.8, 4) is 0 Å². The Morgan fingerprint density at radius 2 is 2.71 bits per heavy atom. The van der Waals surface area contributed by atoms with Crippen molar-refractivity contribution in [1.29, 1.82) is 0 Å². The summed E-state index contributed by atoms with van der Waals surface area (Å²) in [6.07, 6.45) is 3.02. The van der Waals surface area contributed by atoms with Gasteiger partial charge in [-0.05, 0) is 0 Å². The minimum Gasteiger partial charge on any atom is -0.451 e. The molecule has 0 spiro atoms. The smallest absolute Gasteiger partial charge is 0.180 e. The number of halogens is 1. The number of hydrogen-bond donors (Lipinski definition) is 0. The molecular formula is C4H4BrNO. The van der Waals surface area contributed by atoms with Crippen molar-refractivity contribution in [2.24, 2.45) is 0 Å². The molecule has 7 heavy (non-hydrogen) atoms. The minimum atomic E-state index is 0.767. The summed E-state index contributed by atoms with van der Waals surface area (Å²) >= 11 is 3.21. The first kappa shape index (κ1) is 4.84. The number of oxazole rings is 1. The number of aromatic nitrogens is 1. The van der Waals surface area contributed by atoms with Gasteiger partial charge in [-0.15, -0.1) is 0 Å². The molecule has 2 nitrogen and oxygen atoms in total. The third-order valence-electron chi connectivity index (χ3n) is 0.620. The largest absolute Gasteiger partial charge is 0.451 e. The maximum atomic E-state index is 4.66. The van der Waals surface area contributed by atoms with Crippen molar-refractivity contribution in [3.05, 3.63) is 18.4 Å². The number of nitrogens with zero attached hydrogens (tertiary/aromatic N) is 1. The van der Waals surface area contributed by atoms with Gasteiger partial charge in [0.25, 0.3) is 0 Å². The highest BCUT2D eigenvalue weighted by Gasteiger charge is 1.87. The molecule has 1 heterocycles. The van der Waals surface area contributed by atoms with E-state index in [0.29, 0.717) is 0 Å². The Labute approximate surface area is 49.7 Å². The molecule has 0 saturated heterocycles. The van der Waals surface area contributed by atoms with Crippen LogP contribution in [0.5, 0.6) is 0 Å². The Kier molecular flexibility index (Phi) is 1.46. The molecule has 3 heteroatoms. The summed E-state index contributed by atoms with van der Waals surface area (Å²) in [7, 11) is 0. The Morgan fingerprint density at radius 1 is 1.86 bits per heavy atom. The summed E-state index contributed by atoms with van der Waals surface area (Å²) in [5.74, 6) is 0. The number of alkyl halides is 1. The van der Waals surface area contributed by atoms with E-state index in [1.54, 1.807) is 6.26 Å². The molecule has 38 valence electrons. The fraction of sp³-hybridized carbons (Fsp3) is 0.250. The van der Waals surface area contributed by atoms with Crippen molar-refractivity contribution in [1.82, 2.24) is 4.98 Å². The van der Waals surface area contributed by atoms with E-state index in [-0.39, 0.29) is 0 Å². The molecule has 0 atom stereocenters. The first-order valence-corrected chi connectivity index (χ1v) is 2.98. The molecular weight excluding hydrogens is 158 g/mol. The monoisotopic (exact) mass is 161 g/mol. The maximum Gasteiger partial charge on any atom is 0.180 e. The zero-order valence-electron chi connectivity index (χ0n) is 3.60. The Hall–Kier alpha value is -0.310. The fourth-order valence-corrected chi connectivity index (χ4v) is 0.580. The minimum absolute atomic E-state index is 0.767. The molecule has 0 bridgehead atoms. The summed E-state index contributed by atoms with van der Waals surface area (Å²) in [5, 5.41) is 0.767. The van der Waals surface area contributed by atoms with Crippen LogP contribution in [0.4, 0.5) is 0 Å². The quantitative estimate of drug-likeness (QED) is 0.585. The Bertz CT molecular complexity index is 126. The van der Waals surface area contributed by atoms with Gasteiger partial charge in [0.05, 0.1) is 5.69 Å². The summed E-state index contributed by atoms with van der Waals surface area (Å²) in [6, 6.07) is 0. The van der Waals surface area contributed by atoms with Crippen LogP contribution in [0.25, 0.3) is 0 Å². The summed E-state index contributed by atoms with van der Waals surface area (Å²) in [6.45, 7) is 0. The predicted molar refractivity (Wildman–Crippen MR) is 29.1 cm³/mol. The van der Waals surface area contributed by atoms with E-state index in [0.717, 1.165) is 11.0 Å². The lowest BCUT2D eigenvalue weighted by Crippen LogP contribution is -1.69. The van der Waals surface area contributed by atoms with Gasteiger partial charge in [0.1, 0.15) is 6.26 Å². The molecule has 0 amide bonds. The van der Waals surface area contributed by atoms with E-state index in [1.165, 1.54) is 6.39 Å². The predicted octanol–water partition coefficient (Wildman–Crippen LogP) is 1.57. The zero-order chi connectivity index (χ0) is 5.11. The molecule has 1 aromatic heterocycles. The van der Waals surface area contributed by atoms with Crippen LogP contribution in [0, 0.1) is 0 Å². The molecule has 1 rings (SSSR count). The van der Waals surface area contributed by atoms with Crippen LogP contribution in [0.3, 0.4) is 0 Å². The van der Waals surface area contributed by atoms with Crippen molar-refractivity contribution in [2.75, 3.05) is 0 Å². The zero-order valence-corrected chi connectivity index (χ0v) is 5.18. The fourth-order valence-electron chi connectivity index (χ4n) is 0.304. The second-order valence-corrected chi connectivity index (χ2v) is 1.67. The average molecular weight is 162 g/mol. The van der Waals surface area contributed by atoms with Crippen molar-refractivity contribution in [2.45, 2.75) is 5.33 Å². The maximum absolute atomic E-state index is 4.66. The molecule has 0 saturated carbocycles. The second kappa shape index (κ2) is 2.12. The number of hydrogen-bond acceptors (Lipinski definition) is 2. The van der Waals surface area contributed by atoms with Crippen LogP contribution in [0.1, 0.15) is 5.69 Å². The lowest BCUT2D eigenvalue weighted by atomic mass is 10.6. The summed E-state index contributed by atoms with van der Waals surface area (Å²) < 4.78 is 4.66. The first-order valence-electron chi connectivity index (χ1n) is 1.86. The van der Waals surface area contributed by atoms with Gasteiger partial charge in [0, 0.05) is 5.33 Å². The van der Waals surface area contributed by atoms with Gasteiger partial charge in [0.2, 0.25) is 0 Å². The topological polar surface area (TPSA) is 26.0 Å². The van der Waals surface area contributed by atoms with E-state index in [1.807, 2.05) is 0 Å². The van der Waals surface area contributed by atoms with Gasteiger partial charge < -0.3 is 4.42 Å². The third-order valence-corrected chi connectivity index (χ3v) is 1.19. The lowest BCUT2D eigenvalue weighted by molar-refractivity contribution is 0.557. The first-order chi connectivity index (χ1) is 3.43. The van der Waals surface area contributed by atoms with Gasteiger partial charge in [-0.25, -0.2) is 4.98 Å². The van der Waals surface area contributed by atoms with Gasteiger partial charge in [-0.2, -0.15) is 0 Å². The SMILES string of the molecule is BrCc1cocn1. The van der Waals surface area contributed by atoms with Crippen LogP contribution in [0.2, 0.25) is 0 Å². The molecule has 1 aromatic rings. The highest BCUT2D eigenvalue weighted by atomic mass is 79.9. The van der Waals surface area contributed by atoms with E-state index >= 15 is 0 Å². The van der Waals surface area contributed by atoms with Crippen LogP contribution in [0.15, 0.2) is 17.1 Å². The van der Waals surface area contributed by atoms with E-state index in [2.05, 4.69) is 25.3 Å². The summed E-state index contributed by atoms with van der Waals surface area (Å²) in [5.41, 5.74) is 0.931. The Morgan fingerprint density at radius 3 is 3.00 bits per heavy atom. The van der Waals surface area contributed by atoms with Crippen LogP contribution in [-0.4, -0.2) is 4.98 Å². The Balaban J connectivity index is 2.76. The molecule has 0 fully saturated rings. The van der Waals surface area contributed by atoms with Gasteiger partial charge in [0.15, 0.2) is 6.39 Å². The van der Waals surface area contributed by atoms with Crippen molar-refractivity contribution in [3.63, 3.8) is 0 Å². The van der Waals surface area contributed by atoms with Gasteiger partial charge >= 0.3 is 0 Å². The normalized spacial score (nSPS) is 9.29. The average Bonchev–Trinajstić information content (AvgIpc) is 2.14. The molecule has 0 aliphatic carbocycles. The lowest BCUT2D eigenvalue weighted by Gasteiger charge is -1.73. The standard InChI is InChI=1S/C4H4BrNO/c5-1-4-2-7-3-6-4/h2-3H,1H2. The molecule has 0 radical (unpaired) electrons. The summed E-state index contributed by atoms with van der Waals surface area (Å²) in [4.78, 5) is 3.82. The van der Waals surface area contributed by atoms with Gasteiger partial charge in [-0.1, -0.05) is 15.9 Å². The number of rotatable bonds is 1. The van der Waals surface area contributed by atoms with E-state index in [9.17, 15) is 0 Å². The highest BCUT2D eigenvalue weighted by molar-refractivity contribution is 9.08. The third kappa shape index (κ3) is 1.03. The highest BCUT2D eigenvalue weighted by Crippen LogP contribution is 1.98. The van der Waals surface area contributed by atoms with E-state index in [4.69, 9.17) is 0 Å². The molecule has 0 aliphatic heterocycles. The molecule has 0 N–H and O–H groups in total. The second-order valence-electron chi connectivity index (χ2n) is 1.11. The van der Waals surface area contributed by atoms with Crippen molar-refractivity contribution < 1.29 is 4.42 Å².